The van der Waals surface area contributed by atoms with E-state index in [-0.39, 0.29) is 25.5 Å². The highest BCUT2D eigenvalue weighted by Gasteiger charge is 2.32. The summed E-state index contributed by atoms with van der Waals surface area (Å²) in [7, 11) is 0. The van der Waals surface area contributed by atoms with Gasteiger partial charge in [-0.3, -0.25) is 9.59 Å². The van der Waals surface area contributed by atoms with E-state index < -0.39 is 17.4 Å². The largest absolute Gasteiger partial charge is 0.396 e. The Morgan fingerprint density at radius 3 is 2.33 bits per heavy atom. The number of aliphatic hydroxyl groups excluding tert-OH is 2. The molecule has 0 bridgehead atoms. The van der Waals surface area contributed by atoms with Gasteiger partial charge >= 0.3 is 0 Å². The molecule has 0 unspecified atom stereocenters. The molecule has 6 nitrogen and oxygen atoms in total. The maximum absolute atomic E-state index is 11.7. The molecule has 0 radical (unpaired) electrons. The quantitative estimate of drug-likeness (QED) is 0.419. The zero-order chi connectivity index (χ0) is 16.3. The van der Waals surface area contributed by atoms with E-state index in [9.17, 15) is 14.7 Å². The number of rotatable bonds is 11. The molecule has 0 aliphatic rings. The minimum absolute atomic E-state index is 0.109. The molecule has 0 saturated heterocycles. The van der Waals surface area contributed by atoms with Crippen molar-refractivity contribution >= 4 is 11.8 Å². The van der Waals surface area contributed by atoms with Gasteiger partial charge < -0.3 is 20.8 Å². The van der Waals surface area contributed by atoms with Crippen LogP contribution in [0, 0.1) is 5.41 Å². The summed E-state index contributed by atoms with van der Waals surface area (Å²) < 4.78 is 0. The predicted octanol–water partition coefficient (Wildman–Crippen LogP) is 0.569. The molecule has 0 aliphatic heterocycles. The van der Waals surface area contributed by atoms with Gasteiger partial charge in [-0.25, -0.2) is 0 Å². The van der Waals surface area contributed by atoms with E-state index in [0.29, 0.717) is 6.54 Å². The van der Waals surface area contributed by atoms with Gasteiger partial charge in [0.15, 0.2) is 0 Å². The van der Waals surface area contributed by atoms with Gasteiger partial charge in [0, 0.05) is 24.9 Å². The van der Waals surface area contributed by atoms with Crippen LogP contribution in [0.1, 0.15) is 52.9 Å². The van der Waals surface area contributed by atoms with Crippen LogP contribution in [-0.2, 0) is 9.59 Å². The lowest BCUT2D eigenvalue weighted by atomic mass is 9.87. The third kappa shape index (κ3) is 8.67. The Morgan fingerprint density at radius 2 is 1.76 bits per heavy atom. The van der Waals surface area contributed by atoms with E-state index >= 15 is 0 Å². The second kappa shape index (κ2) is 10.6. The molecule has 0 aliphatic carbocycles. The van der Waals surface area contributed by atoms with Crippen molar-refractivity contribution in [2.45, 2.75) is 59.0 Å². The van der Waals surface area contributed by atoms with Gasteiger partial charge in [-0.1, -0.05) is 40.0 Å². The first kappa shape index (κ1) is 19.9. The average molecular weight is 302 g/mol. The maximum Gasteiger partial charge on any atom is 0.249 e. The number of amides is 2. The van der Waals surface area contributed by atoms with Crippen molar-refractivity contribution in [3.63, 3.8) is 0 Å². The van der Waals surface area contributed by atoms with Gasteiger partial charge in [0.1, 0.15) is 6.10 Å². The Balaban J connectivity index is 3.78. The summed E-state index contributed by atoms with van der Waals surface area (Å²) in [5.41, 5.74) is -0.897. The number of carbonyl (C=O) groups excluding carboxylic acids is 2. The van der Waals surface area contributed by atoms with Gasteiger partial charge in [-0.15, -0.1) is 0 Å². The summed E-state index contributed by atoms with van der Waals surface area (Å²) in [4.78, 5) is 23.2. The molecule has 1 atom stereocenters. The lowest BCUT2D eigenvalue weighted by Crippen LogP contribution is -2.46. The van der Waals surface area contributed by atoms with E-state index in [1.807, 2.05) is 0 Å². The zero-order valence-electron chi connectivity index (χ0n) is 13.4. The molecule has 21 heavy (non-hydrogen) atoms. The Hall–Kier alpha value is -1.14. The Morgan fingerprint density at radius 1 is 1.10 bits per heavy atom. The van der Waals surface area contributed by atoms with Crippen molar-refractivity contribution < 1.29 is 19.8 Å². The highest BCUT2D eigenvalue weighted by atomic mass is 16.3. The lowest BCUT2D eigenvalue weighted by Gasteiger charge is -2.27. The van der Waals surface area contributed by atoms with E-state index in [1.165, 1.54) is 6.42 Å². The minimum Gasteiger partial charge on any atom is -0.396 e. The number of nitrogens with one attached hydrogen (secondary N) is 2. The zero-order valence-corrected chi connectivity index (χ0v) is 13.4. The van der Waals surface area contributed by atoms with Crippen molar-refractivity contribution in [2.75, 3.05) is 19.7 Å². The van der Waals surface area contributed by atoms with Crippen LogP contribution < -0.4 is 10.6 Å². The molecule has 0 aromatic rings. The van der Waals surface area contributed by atoms with Gasteiger partial charge in [0.05, 0.1) is 6.61 Å². The maximum atomic E-state index is 11.7. The highest BCUT2D eigenvalue weighted by Crippen LogP contribution is 2.19. The van der Waals surface area contributed by atoms with Crippen LogP contribution in [0.15, 0.2) is 0 Å². The summed E-state index contributed by atoms with van der Waals surface area (Å²) >= 11 is 0. The predicted molar refractivity (Wildman–Crippen MR) is 81.7 cm³/mol. The third-order valence-electron chi connectivity index (χ3n) is 3.40. The van der Waals surface area contributed by atoms with Crippen LogP contribution in [0.5, 0.6) is 0 Å². The monoisotopic (exact) mass is 302 g/mol. The van der Waals surface area contributed by atoms with Crippen LogP contribution in [0.25, 0.3) is 0 Å². The molecular formula is C15H30N2O4. The van der Waals surface area contributed by atoms with Crippen molar-refractivity contribution in [1.29, 1.82) is 0 Å². The van der Waals surface area contributed by atoms with Crippen molar-refractivity contribution in [3.05, 3.63) is 0 Å². The Bertz CT molecular complexity index is 319. The SMILES string of the molecule is CCCCCCNC(=O)CCNC(=O)[C@H](O)C(C)(C)CO. The number of aliphatic hydroxyl groups is 2. The summed E-state index contributed by atoms with van der Waals surface area (Å²) in [6, 6.07) is 0. The molecular weight excluding hydrogens is 272 g/mol. The number of hydrogen-bond acceptors (Lipinski definition) is 4. The van der Waals surface area contributed by atoms with Gasteiger partial charge in [0.25, 0.3) is 0 Å². The summed E-state index contributed by atoms with van der Waals surface area (Å²) in [5.74, 6) is -0.674. The van der Waals surface area contributed by atoms with E-state index in [4.69, 9.17) is 5.11 Å². The van der Waals surface area contributed by atoms with Crippen LogP contribution in [0.2, 0.25) is 0 Å². The fourth-order valence-corrected chi connectivity index (χ4v) is 1.71. The van der Waals surface area contributed by atoms with E-state index in [2.05, 4.69) is 17.6 Å². The number of hydrogen-bond donors (Lipinski definition) is 4. The molecule has 0 aromatic carbocycles. The number of unbranched alkanes of at least 4 members (excludes halogenated alkanes) is 3. The molecule has 0 saturated carbocycles. The summed E-state index contributed by atoms with van der Waals surface area (Å²) in [6.45, 7) is 5.87. The normalized spacial score (nSPS) is 12.8. The molecule has 124 valence electrons. The smallest absolute Gasteiger partial charge is 0.249 e. The summed E-state index contributed by atoms with van der Waals surface area (Å²) in [6.07, 6.45) is 3.30. The third-order valence-corrected chi connectivity index (χ3v) is 3.40. The topological polar surface area (TPSA) is 98.7 Å². The lowest BCUT2D eigenvalue weighted by molar-refractivity contribution is -0.137. The first-order valence-corrected chi connectivity index (χ1v) is 7.68. The van der Waals surface area contributed by atoms with Crippen molar-refractivity contribution in [2.24, 2.45) is 5.41 Å². The highest BCUT2D eigenvalue weighted by molar-refractivity contribution is 5.82. The van der Waals surface area contributed by atoms with Crippen LogP contribution in [0.4, 0.5) is 0 Å². The fraction of sp³-hybridized carbons (Fsp3) is 0.867. The van der Waals surface area contributed by atoms with Crippen LogP contribution in [-0.4, -0.2) is 47.8 Å². The second-order valence-corrected chi connectivity index (χ2v) is 6.00. The molecule has 0 heterocycles. The van der Waals surface area contributed by atoms with E-state index in [1.54, 1.807) is 13.8 Å². The van der Waals surface area contributed by atoms with Gasteiger partial charge in [-0.05, 0) is 6.42 Å². The average Bonchev–Trinajstić information content (AvgIpc) is 2.46. The second-order valence-electron chi connectivity index (χ2n) is 6.00. The molecule has 0 aromatic heterocycles. The van der Waals surface area contributed by atoms with Gasteiger partial charge in [-0.2, -0.15) is 0 Å². The standard InChI is InChI=1S/C15H30N2O4/c1-4-5-6-7-9-16-12(19)8-10-17-14(21)13(20)15(2,3)11-18/h13,18,20H,4-11H2,1-3H3,(H,16,19)(H,17,21)/t13-/m0/s1. The van der Waals surface area contributed by atoms with Crippen molar-refractivity contribution in [3.8, 4) is 0 Å². The first-order valence-electron chi connectivity index (χ1n) is 7.68. The molecule has 0 fully saturated rings. The van der Waals surface area contributed by atoms with Crippen molar-refractivity contribution in [1.82, 2.24) is 10.6 Å². The fourth-order valence-electron chi connectivity index (χ4n) is 1.71. The van der Waals surface area contributed by atoms with Crippen LogP contribution >= 0.6 is 0 Å². The molecule has 6 heteroatoms. The summed E-state index contributed by atoms with van der Waals surface area (Å²) in [5, 5.41) is 24.1. The minimum atomic E-state index is -1.29. The van der Waals surface area contributed by atoms with E-state index in [0.717, 1.165) is 19.3 Å². The van der Waals surface area contributed by atoms with Crippen LogP contribution in [0.3, 0.4) is 0 Å². The van der Waals surface area contributed by atoms with Gasteiger partial charge in [0.2, 0.25) is 11.8 Å². The molecule has 2 amide bonds. The molecule has 4 N–H and O–H groups in total. The molecule has 0 rings (SSSR count). The Labute approximate surface area is 127 Å². The molecule has 0 spiro atoms. The Kier molecular flexibility index (Phi) is 9.99. The number of carbonyl (C=O) groups is 2. The first-order chi connectivity index (χ1) is 9.85.